The minimum absolute atomic E-state index is 0.773. The molecule has 0 spiro atoms. The van der Waals surface area contributed by atoms with Crippen LogP contribution in [-0.2, 0) is 0 Å². The van der Waals surface area contributed by atoms with Gasteiger partial charge >= 0.3 is 0 Å². The van der Waals surface area contributed by atoms with Crippen molar-refractivity contribution < 1.29 is 0 Å². The molecule has 0 radical (unpaired) electrons. The molecule has 0 heterocycles. The molecule has 0 nitrogen and oxygen atoms in total. The summed E-state index contributed by atoms with van der Waals surface area (Å²) in [6.45, 7) is 10.2. The third-order valence-electron chi connectivity index (χ3n) is 2.03. The monoisotopic (exact) mass is 152 g/mol. The molecule has 11 heavy (non-hydrogen) atoms. The van der Waals surface area contributed by atoms with Crippen LogP contribution >= 0.6 is 0 Å². The van der Waals surface area contributed by atoms with Crippen molar-refractivity contribution in [3.8, 4) is 0 Å². The van der Waals surface area contributed by atoms with Crippen molar-refractivity contribution in [3.63, 3.8) is 0 Å². The van der Waals surface area contributed by atoms with Gasteiger partial charge in [-0.15, -0.1) is 0 Å². The lowest BCUT2D eigenvalue weighted by Gasteiger charge is -2.17. The number of hydrogen-bond acceptors (Lipinski definition) is 0. The Hall–Kier alpha value is -0.520. The van der Waals surface area contributed by atoms with Crippen LogP contribution in [0.4, 0.5) is 0 Å². The van der Waals surface area contributed by atoms with Crippen molar-refractivity contribution in [2.45, 2.75) is 40.0 Å². The summed E-state index contributed by atoms with van der Waals surface area (Å²) in [6, 6.07) is 0. The molecule has 0 heteroatoms. The summed E-state index contributed by atoms with van der Waals surface area (Å²) in [4.78, 5) is 0. The van der Waals surface area contributed by atoms with Crippen molar-refractivity contribution in [2.24, 2.45) is 5.92 Å². The van der Waals surface area contributed by atoms with E-state index in [-0.39, 0.29) is 0 Å². The third kappa shape index (κ3) is 3.41. The molecule has 1 rings (SSSR count). The first-order chi connectivity index (χ1) is 5.34. The second kappa shape index (κ2) is 6.21. The van der Waals surface area contributed by atoms with Crippen LogP contribution in [0.15, 0.2) is 24.3 Å². The van der Waals surface area contributed by atoms with Gasteiger partial charge in [0.15, 0.2) is 0 Å². The highest BCUT2D eigenvalue weighted by atomic mass is 14.1. The first kappa shape index (κ1) is 10.5. The van der Waals surface area contributed by atoms with E-state index in [1.165, 1.54) is 24.8 Å². The zero-order valence-corrected chi connectivity index (χ0v) is 8.06. The Morgan fingerprint density at radius 1 is 1.55 bits per heavy atom. The molecular weight excluding hydrogens is 132 g/mol. The van der Waals surface area contributed by atoms with E-state index >= 15 is 0 Å². The van der Waals surface area contributed by atoms with E-state index in [9.17, 15) is 0 Å². The summed E-state index contributed by atoms with van der Waals surface area (Å²) in [5, 5.41) is 0. The topological polar surface area (TPSA) is 0 Å². The molecule has 0 fully saturated rings. The summed E-state index contributed by atoms with van der Waals surface area (Å²) in [7, 11) is 0. The molecule has 0 aromatic carbocycles. The Labute approximate surface area is 71.0 Å². The van der Waals surface area contributed by atoms with Gasteiger partial charge in [-0.05, 0) is 25.2 Å². The lowest BCUT2D eigenvalue weighted by atomic mass is 9.88. The van der Waals surface area contributed by atoms with Crippen LogP contribution in [0.25, 0.3) is 0 Å². The molecule has 1 aliphatic carbocycles. The van der Waals surface area contributed by atoms with Gasteiger partial charge in [-0.3, -0.25) is 0 Å². The van der Waals surface area contributed by atoms with Crippen molar-refractivity contribution in [1.29, 1.82) is 0 Å². The average molecular weight is 152 g/mol. The summed E-state index contributed by atoms with van der Waals surface area (Å²) < 4.78 is 0. The highest BCUT2D eigenvalue weighted by Gasteiger charge is 2.09. The summed E-state index contributed by atoms with van der Waals surface area (Å²) >= 11 is 0. The Kier molecular flexibility index (Phi) is 5.91. The molecule has 64 valence electrons. The lowest BCUT2D eigenvalue weighted by molar-refractivity contribution is 0.547. The molecule has 0 amide bonds. The average Bonchev–Trinajstić information content (AvgIpc) is 2.09. The molecular formula is C11H20. The van der Waals surface area contributed by atoms with E-state index in [2.05, 4.69) is 25.7 Å². The molecule has 1 unspecified atom stereocenters. The molecule has 0 bridgehead atoms. The Bertz CT molecular complexity index is 131. The minimum atomic E-state index is 0.773. The highest BCUT2D eigenvalue weighted by molar-refractivity contribution is 5.20. The summed E-state index contributed by atoms with van der Waals surface area (Å²) in [5.74, 6) is 0.773. The third-order valence-corrected chi connectivity index (χ3v) is 2.03. The molecule has 1 atom stereocenters. The SMILES string of the molecule is C=C1C=CCCC1CC.CC. The molecule has 0 saturated heterocycles. The first-order valence-corrected chi connectivity index (χ1v) is 4.70. The second-order valence-corrected chi connectivity index (χ2v) is 2.66. The van der Waals surface area contributed by atoms with Crippen molar-refractivity contribution in [2.75, 3.05) is 0 Å². The maximum atomic E-state index is 3.98. The largest absolute Gasteiger partial charge is 0.0956 e. The Morgan fingerprint density at radius 2 is 2.18 bits per heavy atom. The van der Waals surface area contributed by atoms with E-state index < -0.39 is 0 Å². The van der Waals surface area contributed by atoms with E-state index in [1.807, 2.05) is 13.8 Å². The van der Waals surface area contributed by atoms with Crippen molar-refractivity contribution >= 4 is 0 Å². The van der Waals surface area contributed by atoms with E-state index in [1.54, 1.807) is 0 Å². The second-order valence-electron chi connectivity index (χ2n) is 2.66. The molecule has 1 aliphatic rings. The summed E-state index contributed by atoms with van der Waals surface area (Å²) in [5.41, 5.74) is 1.32. The van der Waals surface area contributed by atoms with Crippen LogP contribution in [-0.4, -0.2) is 0 Å². The Morgan fingerprint density at radius 3 is 2.55 bits per heavy atom. The Balaban J connectivity index is 0.000000461. The van der Waals surface area contributed by atoms with Crippen molar-refractivity contribution in [3.05, 3.63) is 24.3 Å². The van der Waals surface area contributed by atoms with Crippen molar-refractivity contribution in [1.82, 2.24) is 0 Å². The van der Waals surface area contributed by atoms with Gasteiger partial charge in [-0.25, -0.2) is 0 Å². The highest BCUT2D eigenvalue weighted by Crippen LogP contribution is 2.24. The van der Waals surface area contributed by atoms with Gasteiger partial charge in [0.2, 0.25) is 0 Å². The zero-order valence-electron chi connectivity index (χ0n) is 8.06. The van der Waals surface area contributed by atoms with Gasteiger partial charge < -0.3 is 0 Å². The summed E-state index contributed by atoms with van der Waals surface area (Å²) in [6.07, 6.45) is 8.19. The smallest absolute Gasteiger partial charge is 0.0168 e. The van der Waals surface area contributed by atoms with Crippen LogP contribution in [0.3, 0.4) is 0 Å². The molecule has 0 aromatic heterocycles. The van der Waals surface area contributed by atoms with E-state index in [0.717, 1.165) is 5.92 Å². The van der Waals surface area contributed by atoms with Gasteiger partial charge in [0.05, 0.1) is 0 Å². The van der Waals surface area contributed by atoms with Crippen LogP contribution in [0.2, 0.25) is 0 Å². The molecule has 0 aromatic rings. The standard InChI is InChI=1S/C9H14.C2H6/c1-3-9-7-5-4-6-8(9)2;1-2/h4,6,9H,2-3,5,7H2,1H3;1-2H3. The fraction of sp³-hybridized carbons (Fsp3) is 0.636. The van der Waals surface area contributed by atoms with Crippen LogP contribution < -0.4 is 0 Å². The number of rotatable bonds is 1. The predicted octanol–water partition coefficient (Wildman–Crippen LogP) is 3.95. The van der Waals surface area contributed by atoms with Gasteiger partial charge in [0, 0.05) is 0 Å². The van der Waals surface area contributed by atoms with Crippen LogP contribution in [0.5, 0.6) is 0 Å². The quantitative estimate of drug-likeness (QED) is 0.534. The van der Waals surface area contributed by atoms with E-state index in [0.29, 0.717) is 0 Å². The number of hydrogen-bond donors (Lipinski definition) is 0. The van der Waals surface area contributed by atoms with Crippen LogP contribution in [0, 0.1) is 5.92 Å². The maximum Gasteiger partial charge on any atom is -0.0168 e. The first-order valence-electron chi connectivity index (χ1n) is 4.70. The van der Waals surface area contributed by atoms with Crippen LogP contribution in [0.1, 0.15) is 40.0 Å². The molecule has 0 aliphatic heterocycles. The van der Waals surface area contributed by atoms with Gasteiger partial charge in [-0.1, -0.05) is 45.1 Å². The fourth-order valence-corrected chi connectivity index (χ4v) is 1.32. The maximum absolute atomic E-state index is 3.98. The predicted molar refractivity (Wildman–Crippen MR) is 52.6 cm³/mol. The zero-order chi connectivity index (χ0) is 8.69. The van der Waals surface area contributed by atoms with Gasteiger partial charge in [-0.2, -0.15) is 0 Å². The lowest BCUT2D eigenvalue weighted by Crippen LogP contribution is -2.02. The number of allylic oxidation sites excluding steroid dienone is 3. The van der Waals surface area contributed by atoms with Gasteiger partial charge in [0.1, 0.15) is 0 Å². The minimum Gasteiger partial charge on any atom is -0.0956 e. The normalized spacial score (nSPS) is 22.5. The molecule has 0 saturated carbocycles. The van der Waals surface area contributed by atoms with E-state index in [4.69, 9.17) is 0 Å². The van der Waals surface area contributed by atoms with Gasteiger partial charge in [0.25, 0.3) is 0 Å². The fourth-order valence-electron chi connectivity index (χ4n) is 1.32. The molecule has 0 N–H and O–H groups in total.